The van der Waals surface area contributed by atoms with Crippen LogP contribution in [0.25, 0.3) is 0 Å². The van der Waals surface area contributed by atoms with Gasteiger partial charge in [-0.3, -0.25) is 4.70 Å². The quantitative estimate of drug-likeness (QED) is 0.355. The van der Waals surface area contributed by atoms with Gasteiger partial charge in [-0.25, -0.2) is 0 Å². The minimum atomic E-state index is 0. The molecule has 0 fully saturated rings. The average Bonchev–Trinajstić information content (AvgIpc) is 0. The topological polar surface area (TPSA) is 0 Å². The van der Waals surface area contributed by atoms with Crippen LogP contribution in [-0.2, 0) is 34.1 Å². The number of hydrogen-bond donors (Lipinski definition) is 0. The van der Waals surface area contributed by atoms with Gasteiger partial charge in [0.15, 0.2) is 0 Å². The van der Waals surface area contributed by atoms with E-state index in [1.165, 1.54) is 0 Å². The van der Waals surface area contributed by atoms with E-state index in [4.69, 9.17) is 0 Å². The van der Waals surface area contributed by atoms with Gasteiger partial charge in [-0.2, -0.15) is 9.90 Å². The molecule has 0 aliphatic carbocycles. The van der Waals surface area contributed by atoms with E-state index in [2.05, 4.69) is 0 Å². The van der Waals surface area contributed by atoms with Crippen molar-refractivity contribution in [2.24, 2.45) is 0 Å². The molecule has 0 aliphatic heterocycles. The molecular formula is H4FFeMnP. The van der Waals surface area contributed by atoms with Crippen molar-refractivity contribution in [3.63, 3.8) is 0 Å². The van der Waals surface area contributed by atoms with Gasteiger partial charge in [0.2, 0.25) is 0 Å². The summed E-state index contributed by atoms with van der Waals surface area (Å²) in [6.07, 6.45) is 0. The van der Waals surface area contributed by atoms with Crippen LogP contribution in [0, 0.1) is 0 Å². The summed E-state index contributed by atoms with van der Waals surface area (Å²) in [6.45, 7) is 0. The van der Waals surface area contributed by atoms with Gasteiger partial charge >= 0.3 is 0 Å². The Morgan fingerprint density at radius 2 is 1.00 bits per heavy atom. The summed E-state index contributed by atoms with van der Waals surface area (Å²) in [6, 6.07) is 0. The SMILES string of the molecule is F.P.[Fe].[Mn]. The Bertz CT molecular complexity index is 8.00. The number of hydrogen-bond acceptors (Lipinski definition) is 0. The first-order valence-electron chi connectivity index (χ1n) is 0. The standard InChI is InChI=1S/FH.Fe.Mn.H3P/h1H;;;1H3. The molecule has 0 aliphatic rings. The van der Waals surface area contributed by atoms with Gasteiger partial charge in [0, 0.05) is 34.1 Å². The minimum Gasteiger partial charge on any atom is -0.269 e. The van der Waals surface area contributed by atoms with E-state index in [0.717, 1.165) is 0 Å². The molecule has 0 aromatic rings. The largest absolute Gasteiger partial charge is 0.269 e. The first kappa shape index (κ1) is 53.4. The summed E-state index contributed by atoms with van der Waals surface area (Å²) in [4.78, 5) is 0. The van der Waals surface area contributed by atoms with Crippen molar-refractivity contribution < 1.29 is 38.8 Å². The molecule has 1 atom stereocenters. The third-order valence-corrected chi connectivity index (χ3v) is 0. The van der Waals surface area contributed by atoms with Crippen LogP contribution in [-0.4, -0.2) is 0 Å². The molecule has 1 unspecified atom stereocenters. The van der Waals surface area contributed by atoms with E-state index in [0.29, 0.717) is 0 Å². The molecule has 0 bridgehead atoms. The Labute approximate surface area is 49.0 Å². The van der Waals surface area contributed by atoms with Crippen LogP contribution in [0.5, 0.6) is 0 Å². The zero-order chi connectivity index (χ0) is 0. The fourth-order valence-corrected chi connectivity index (χ4v) is 0. The predicted molar refractivity (Wildman–Crippen MR) is 13.6 cm³/mol. The molecule has 0 aromatic heterocycles. The van der Waals surface area contributed by atoms with Gasteiger partial charge in [0.05, 0.1) is 0 Å². The van der Waals surface area contributed by atoms with Crippen molar-refractivity contribution in [2.45, 2.75) is 0 Å². The first-order valence-corrected chi connectivity index (χ1v) is 0. The number of rotatable bonds is 0. The second-order valence-electron chi connectivity index (χ2n) is 0. The first-order chi connectivity index (χ1) is 0. The zero-order valence-corrected chi connectivity index (χ0v) is 5.55. The molecule has 0 amide bonds. The third kappa shape index (κ3) is 9.99. The molecule has 0 aromatic carbocycles. The smallest absolute Gasteiger partial charge is 0 e. The normalized spacial score (nSPS) is 0. The van der Waals surface area contributed by atoms with Crippen LogP contribution >= 0.6 is 9.90 Å². The molecule has 0 nitrogen and oxygen atoms in total. The van der Waals surface area contributed by atoms with Crippen molar-refractivity contribution in [1.29, 1.82) is 0 Å². The molecule has 0 heterocycles. The van der Waals surface area contributed by atoms with E-state index in [-0.39, 0.29) is 48.7 Å². The maximum atomic E-state index is 0. The van der Waals surface area contributed by atoms with Gasteiger partial charge in [-0.05, 0) is 0 Å². The van der Waals surface area contributed by atoms with E-state index in [9.17, 15) is 0 Å². The van der Waals surface area contributed by atoms with E-state index >= 15 is 0 Å². The molecule has 0 saturated heterocycles. The molecule has 0 rings (SSSR count). The third-order valence-electron chi connectivity index (χ3n) is 0. The summed E-state index contributed by atoms with van der Waals surface area (Å²) in [5.41, 5.74) is 0. The minimum absolute atomic E-state index is 0. The molecule has 4 heteroatoms. The van der Waals surface area contributed by atoms with Gasteiger partial charge in [-0.15, -0.1) is 0 Å². The monoisotopic (exact) mass is 165 g/mol. The fourth-order valence-electron chi connectivity index (χ4n) is 0. The van der Waals surface area contributed by atoms with E-state index in [1.54, 1.807) is 0 Å². The Hall–Kier alpha value is 1.40. The summed E-state index contributed by atoms with van der Waals surface area (Å²) >= 11 is 0. The average molecular weight is 165 g/mol. The summed E-state index contributed by atoms with van der Waals surface area (Å²) in [5.74, 6) is 0. The van der Waals surface area contributed by atoms with Crippen molar-refractivity contribution in [3.05, 3.63) is 0 Å². The van der Waals surface area contributed by atoms with Gasteiger partial charge < -0.3 is 0 Å². The van der Waals surface area contributed by atoms with Crippen LogP contribution in [0.1, 0.15) is 0 Å². The fraction of sp³-hybridized carbons (Fsp3) is 0. The Balaban J connectivity index is 0. The summed E-state index contributed by atoms with van der Waals surface area (Å²) in [5, 5.41) is 0. The van der Waals surface area contributed by atoms with E-state index in [1.807, 2.05) is 0 Å². The van der Waals surface area contributed by atoms with Crippen LogP contribution in [0.3, 0.4) is 0 Å². The molecule has 4 heavy (non-hydrogen) atoms. The molecular weight excluding hydrogens is 161 g/mol. The second-order valence-corrected chi connectivity index (χ2v) is 0. The van der Waals surface area contributed by atoms with Crippen molar-refractivity contribution in [3.8, 4) is 0 Å². The second kappa shape index (κ2) is 26.0. The predicted octanol–water partition coefficient (Wildman–Crippen LogP) is 0.206. The van der Waals surface area contributed by atoms with Crippen molar-refractivity contribution >= 4 is 9.90 Å². The summed E-state index contributed by atoms with van der Waals surface area (Å²) in [7, 11) is 0. The molecule has 0 N–H and O–H groups in total. The summed E-state index contributed by atoms with van der Waals surface area (Å²) < 4.78 is 0. The van der Waals surface area contributed by atoms with Gasteiger partial charge in [-0.1, -0.05) is 0 Å². The van der Waals surface area contributed by atoms with Gasteiger partial charge in [0.1, 0.15) is 0 Å². The zero-order valence-electron chi connectivity index (χ0n) is 1.85. The maximum Gasteiger partial charge on any atom is 0 e. The van der Waals surface area contributed by atoms with Crippen LogP contribution in [0.2, 0.25) is 0 Å². The molecule has 31 valence electrons. The molecule has 0 spiro atoms. The number of halogens is 1. The molecule has 0 saturated carbocycles. The van der Waals surface area contributed by atoms with Crippen molar-refractivity contribution in [2.75, 3.05) is 0 Å². The van der Waals surface area contributed by atoms with Gasteiger partial charge in [0.25, 0.3) is 0 Å². The van der Waals surface area contributed by atoms with Crippen LogP contribution < -0.4 is 0 Å². The van der Waals surface area contributed by atoms with Crippen molar-refractivity contribution in [1.82, 2.24) is 0 Å². The maximum absolute atomic E-state index is 0. The van der Waals surface area contributed by atoms with Crippen LogP contribution in [0.15, 0.2) is 0 Å². The van der Waals surface area contributed by atoms with Crippen LogP contribution in [0.4, 0.5) is 4.70 Å². The Morgan fingerprint density at radius 1 is 1.00 bits per heavy atom. The van der Waals surface area contributed by atoms with E-state index < -0.39 is 0 Å². The Kier molecular flexibility index (Phi) is 347. The Morgan fingerprint density at radius 3 is 1.00 bits per heavy atom. The molecule has 1 radical (unpaired) electrons.